The number of thioether (sulfide) groups is 1. The molecule has 6 heteroatoms. The zero-order chi connectivity index (χ0) is 17.5. The quantitative estimate of drug-likeness (QED) is 0.624. The number of hydrogen-bond donors (Lipinski definition) is 2. The van der Waals surface area contributed by atoms with Gasteiger partial charge in [-0.1, -0.05) is 36.4 Å². The molecule has 2 N–H and O–H groups in total. The molecular weight excluding hydrogens is 354 g/mol. The minimum absolute atomic E-state index is 0.0926. The number of thiophene rings is 1. The van der Waals surface area contributed by atoms with Gasteiger partial charge in [-0.3, -0.25) is 4.79 Å². The Morgan fingerprint density at radius 1 is 1.16 bits per heavy atom. The van der Waals surface area contributed by atoms with Gasteiger partial charge in [0.2, 0.25) is 5.91 Å². The molecule has 3 aromatic rings. The van der Waals surface area contributed by atoms with Crippen molar-refractivity contribution >= 4 is 29.0 Å². The number of hydrogen-bond acceptors (Lipinski definition) is 5. The van der Waals surface area contributed by atoms with E-state index in [1.807, 2.05) is 53.9 Å². The molecule has 0 aliphatic heterocycles. The van der Waals surface area contributed by atoms with Crippen LogP contribution in [0.5, 0.6) is 0 Å². The van der Waals surface area contributed by atoms with E-state index >= 15 is 0 Å². The summed E-state index contributed by atoms with van der Waals surface area (Å²) in [6.07, 6.45) is -0.850. The van der Waals surface area contributed by atoms with Gasteiger partial charge in [-0.15, -0.1) is 23.1 Å². The van der Waals surface area contributed by atoms with E-state index in [9.17, 15) is 9.90 Å². The van der Waals surface area contributed by atoms with Gasteiger partial charge in [0.1, 0.15) is 17.6 Å². The number of aliphatic hydroxyl groups is 1. The lowest BCUT2D eigenvalue weighted by Crippen LogP contribution is -2.29. The van der Waals surface area contributed by atoms with Crippen LogP contribution in [0.4, 0.5) is 0 Å². The summed E-state index contributed by atoms with van der Waals surface area (Å²) in [5.74, 6) is 2.25. The maximum Gasteiger partial charge on any atom is 0.230 e. The van der Waals surface area contributed by atoms with Crippen molar-refractivity contribution < 1.29 is 14.3 Å². The average molecular weight is 373 g/mol. The number of amides is 1. The molecule has 4 nitrogen and oxygen atoms in total. The molecule has 25 heavy (non-hydrogen) atoms. The lowest BCUT2D eigenvalue weighted by molar-refractivity contribution is -0.119. The fraction of sp³-hybridized carbons (Fsp3) is 0.211. The number of aliphatic hydroxyl groups excluding tert-OH is 1. The molecule has 1 amide bonds. The predicted octanol–water partition coefficient (Wildman–Crippen LogP) is 4.09. The molecular formula is C19H19NO3S2. The second-order valence-corrected chi connectivity index (χ2v) is 7.41. The van der Waals surface area contributed by atoms with E-state index < -0.39 is 6.10 Å². The molecule has 0 saturated carbocycles. The van der Waals surface area contributed by atoms with Gasteiger partial charge in [0.05, 0.1) is 17.2 Å². The fourth-order valence-corrected chi connectivity index (χ4v) is 3.79. The standard InChI is InChI=1S/C19H19NO3S2/c21-15(16-8-9-17(23-16)18-7-4-10-25-18)11-20-19(22)13-24-12-14-5-2-1-3-6-14/h1-10,15,21H,11-13H2,(H,20,22). The summed E-state index contributed by atoms with van der Waals surface area (Å²) >= 11 is 3.13. The molecule has 1 atom stereocenters. The second-order valence-electron chi connectivity index (χ2n) is 5.48. The minimum Gasteiger partial charge on any atom is -0.457 e. The normalized spacial score (nSPS) is 12.0. The third-order valence-corrected chi connectivity index (χ3v) is 5.44. The Balaban J connectivity index is 1.41. The van der Waals surface area contributed by atoms with Crippen molar-refractivity contribution in [2.75, 3.05) is 12.3 Å². The van der Waals surface area contributed by atoms with Crippen molar-refractivity contribution in [1.29, 1.82) is 0 Å². The van der Waals surface area contributed by atoms with Crippen LogP contribution in [-0.2, 0) is 10.5 Å². The van der Waals surface area contributed by atoms with Crippen LogP contribution in [0.3, 0.4) is 0 Å². The Hall–Kier alpha value is -2.02. The van der Waals surface area contributed by atoms with E-state index in [2.05, 4.69) is 5.32 Å². The Labute approximate surface area is 154 Å². The Kier molecular flexibility index (Phi) is 6.33. The lowest BCUT2D eigenvalue weighted by atomic mass is 10.2. The molecule has 0 saturated heterocycles. The zero-order valence-corrected chi connectivity index (χ0v) is 15.2. The first-order valence-electron chi connectivity index (χ1n) is 7.92. The van der Waals surface area contributed by atoms with Crippen molar-refractivity contribution in [3.63, 3.8) is 0 Å². The van der Waals surface area contributed by atoms with Crippen LogP contribution in [0.2, 0.25) is 0 Å². The van der Waals surface area contributed by atoms with E-state index in [1.54, 1.807) is 29.2 Å². The predicted molar refractivity (Wildman–Crippen MR) is 103 cm³/mol. The molecule has 130 valence electrons. The van der Waals surface area contributed by atoms with E-state index in [0.717, 1.165) is 16.4 Å². The van der Waals surface area contributed by atoms with Crippen molar-refractivity contribution in [2.45, 2.75) is 11.9 Å². The smallest absolute Gasteiger partial charge is 0.230 e. The van der Waals surface area contributed by atoms with Gasteiger partial charge in [0.15, 0.2) is 0 Å². The minimum atomic E-state index is -0.850. The van der Waals surface area contributed by atoms with Gasteiger partial charge in [0.25, 0.3) is 0 Å². The van der Waals surface area contributed by atoms with E-state index in [0.29, 0.717) is 11.5 Å². The van der Waals surface area contributed by atoms with Crippen LogP contribution in [0, 0.1) is 0 Å². The van der Waals surface area contributed by atoms with Gasteiger partial charge < -0.3 is 14.8 Å². The maximum atomic E-state index is 11.9. The van der Waals surface area contributed by atoms with Crippen molar-refractivity contribution in [2.24, 2.45) is 0 Å². The Bertz CT molecular complexity index is 784. The number of rotatable bonds is 8. The molecule has 0 aliphatic carbocycles. The van der Waals surface area contributed by atoms with Crippen LogP contribution in [0.1, 0.15) is 17.4 Å². The highest BCUT2D eigenvalue weighted by Crippen LogP contribution is 2.28. The topological polar surface area (TPSA) is 62.5 Å². The van der Waals surface area contributed by atoms with Gasteiger partial charge >= 0.3 is 0 Å². The van der Waals surface area contributed by atoms with Crippen LogP contribution >= 0.6 is 23.1 Å². The Morgan fingerprint density at radius 3 is 2.76 bits per heavy atom. The number of carbonyl (C=O) groups excluding carboxylic acids is 1. The highest BCUT2D eigenvalue weighted by Gasteiger charge is 2.15. The van der Waals surface area contributed by atoms with E-state index in [-0.39, 0.29) is 12.5 Å². The molecule has 0 radical (unpaired) electrons. The van der Waals surface area contributed by atoms with Gasteiger partial charge in [-0.2, -0.15) is 0 Å². The molecule has 2 heterocycles. The number of furan rings is 1. The lowest BCUT2D eigenvalue weighted by Gasteiger charge is -2.09. The van der Waals surface area contributed by atoms with Gasteiger partial charge in [0, 0.05) is 5.75 Å². The fourth-order valence-electron chi connectivity index (χ4n) is 2.28. The monoisotopic (exact) mass is 373 g/mol. The summed E-state index contributed by atoms with van der Waals surface area (Å²) in [6, 6.07) is 17.5. The van der Waals surface area contributed by atoms with Crippen LogP contribution < -0.4 is 5.32 Å². The maximum absolute atomic E-state index is 11.9. The summed E-state index contributed by atoms with van der Waals surface area (Å²) in [6.45, 7) is 0.141. The van der Waals surface area contributed by atoms with Gasteiger partial charge in [-0.25, -0.2) is 0 Å². The van der Waals surface area contributed by atoms with Crippen molar-refractivity contribution in [3.8, 4) is 10.6 Å². The molecule has 0 spiro atoms. The van der Waals surface area contributed by atoms with Gasteiger partial charge in [-0.05, 0) is 29.1 Å². The highest BCUT2D eigenvalue weighted by molar-refractivity contribution is 7.99. The van der Waals surface area contributed by atoms with Crippen molar-refractivity contribution in [3.05, 3.63) is 71.3 Å². The highest BCUT2D eigenvalue weighted by atomic mass is 32.2. The number of carbonyl (C=O) groups is 1. The molecule has 3 rings (SSSR count). The molecule has 0 fully saturated rings. The summed E-state index contributed by atoms with van der Waals surface area (Å²) in [4.78, 5) is 12.9. The van der Waals surface area contributed by atoms with E-state index in [4.69, 9.17) is 4.42 Å². The molecule has 0 bridgehead atoms. The van der Waals surface area contributed by atoms with Crippen LogP contribution in [-0.4, -0.2) is 23.3 Å². The number of benzene rings is 1. The van der Waals surface area contributed by atoms with Crippen LogP contribution in [0.25, 0.3) is 10.6 Å². The van der Waals surface area contributed by atoms with Crippen molar-refractivity contribution in [1.82, 2.24) is 5.32 Å². The first-order chi connectivity index (χ1) is 12.2. The molecule has 1 unspecified atom stereocenters. The summed E-state index contributed by atoms with van der Waals surface area (Å²) < 4.78 is 5.66. The first-order valence-corrected chi connectivity index (χ1v) is 9.96. The second kappa shape index (κ2) is 8.89. The van der Waals surface area contributed by atoms with E-state index in [1.165, 1.54) is 5.56 Å². The Morgan fingerprint density at radius 2 is 2.00 bits per heavy atom. The SMILES string of the molecule is O=C(CSCc1ccccc1)NCC(O)c1ccc(-c2cccs2)o1. The average Bonchev–Trinajstić information content (AvgIpc) is 3.32. The molecule has 2 aromatic heterocycles. The first kappa shape index (κ1) is 17.8. The third kappa shape index (κ3) is 5.22. The number of nitrogens with one attached hydrogen (secondary N) is 1. The summed E-state index contributed by atoms with van der Waals surface area (Å²) in [5.41, 5.74) is 1.19. The third-order valence-electron chi connectivity index (χ3n) is 3.56. The zero-order valence-electron chi connectivity index (χ0n) is 13.6. The molecule has 1 aromatic carbocycles. The van der Waals surface area contributed by atoms with Crippen LogP contribution in [0.15, 0.2) is 64.4 Å². The molecule has 0 aliphatic rings. The summed E-state index contributed by atoms with van der Waals surface area (Å²) in [5, 5.41) is 14.9. The summed E-state index contributed by atoms with van der Waals surface area (Å²) in [7, 11) is 0. The largest absolute Gasteiger partial charge is 0.457 e.